The lowest BCUT2D eigenvalue weighted by Crippen LogP contribution is -2.14. The quantitative estimate of drug-likeness (QED) is 0.186. The molecule has 0 spiro atoms. The van der Waals surface area contributed by atoms with Gasteiger partial charge in [-0.25, -0.2) is 9.78 Å². The summed E-state index contributed by atoms with van der Waals surface area (Å²) in [6, 6.07) is 30.8. The zero-order chi connectivity index (χ0) is 24.0. The van der Waals surface area contributed by atoms with Gasteiger partial charge in [-0.1, -0.05) is 54.6 Å². The summed E-state index contributed by atoms with van der Waals surface area (Å²) in [6.45, 7) is 0.131. The van der Waals surface area contributed by atoms with Crippen LogP contribution in [0.5, 0.6) is 5.75 Å². The third-order valence-corrected chi connectivity index (χ3v) is 5.53. The number of pyridine rings is 1. The van der Waals surface area contributed by atoms with Gasteiger partial charge < -0.3 is 14.9 Å². The van der Waals surface area contributed by atoms with Crippen LogP contribution in [-0.2, 0) is 11.3 Å². The number of carbonyl (C=O) groups excluding carboxylic acids is 1. The summed E-state index contributed by atoms with van der Waals surface area (Å²) in [6.07, 6.45) is -0.538. The Bertz CT molecular complexity index is 1450. The van der Waals surface area contributed by atoms with Gasteiger partial charge in [-0.05, 0) is 42.0 Å². The van der Waals surface area contributed by atoms with Crippen LogP contribution < -0.4 is 20.9 Å². The molecule has 0 aliphatic heterocycles. The van der Waals surface area contributed by atoms with Crippen molar-refractivity contribution in [3.05, 3.63) is 103 Å². The maximum absolute atomic E-state index is 12.2. The van der Waals surface area contributed by atoms with Crippen molar-refractivity contribution < 1.29 is 14.3 Å². The van der Waals surface area contributed by atoms with Crippen LogP contribution in [0.2, 0.25) is 0 Å². The lowest BCUT2D eigenvalue weighted by atomic mass is 10.1. The second kappa shape index (κ2) is 10.0. The molecule has 0 saturated carbocycles. The van der Waals surface area contributed by atoms with E-state index in [0.29, 0.717) is 11.4 Å². The number of benzene rings is 4. The van der Waals surface area contributed by atoms with E-state index < -0.39 is 6.09 Å². The smallest absolute Gasteiger partial charge is 0.411 e. The number of methoxy groups -OCH3 is 1. The average molecular weight is 465 g/mol. The first kappa shape index (κ1) is 22.0. The van der Waals surface area contributed by atoms with E-state index in [-0.39, 0.29) is 6.61 Å². The Balaban J connectivity index is 1.27. The van der Waals surface area contributed by atoms with Crippen LogP contribution >= 0.6 is 0 Å². The van der Waals surface area contributed by atoms with Crippen molar-refractivity contribution in [2.24, 2.45) is 0 Å². The maximum Gasteiger partial charge on any atom is 0.411 e. The second-order valence-corrected chi connectivity index (χ2v) is 7.90. The van der Waals surface area contributed by atoms with Gasteiger partial charge in [0.25, 0.3) is 0 Å². The molecule has 7 nitrogen and oxygen atoms in total. The molecule has 4 aromatic carbocycles. The van der Waals surface area contributed by atoms with Crippen molar-refractivity contribution in [2.45, 2.75) is 6.61 Å². The molecule has 7 heteroatoms. The summed E-state index contributed by atoms with van der Waals surface area (Å²) in [5.41, 5.74) is 11.7. The normalized spacial score (nSPS) is 10.7. The third-order valence-electron chi connectivity index (χ3n) is 5.53. The summed E-state index contributed by atoms with van der Waals surface area (Å²) in [5, 5.41) is 4.75. The molecule has 0 bridgehead atoms. The summed E-state index contributed by atoms with van der Waals surface area (Å²) >= 11 is 0. The number of hydrazine groups is 1. The third kappa shape index (κ3) is 5.09. The molecule has 35 heavy (non-hydrogen) atoms. The number of para-hydroxylation sites is 2. The number of carbonyl (C=O) groups is 1. The molecule has 5 rings (SSSR count). The lowest BCUT2D eigenvalue weighted by molar-refractivity contribution is 0.155. The van der Waals surface area contributed by atoms with Gasteiger partial charge in [-0.15, -0.1) is 0 Å². The number of ether oxygens (including phenoxy) is 2. The first-order chi connectivity index (χ1) is 17.2. The van der Waals surface area contributed by atoms with Gasteiger partial charge in [-0.2, -0.15) is 0 Å². The molecule has 0 radical (unpaired) electrons. The van der Waals surface area contributed by atoms with E-state index in [9.17, 15) is 4.79 Å². The zero-order valence-electron chi connectivity index (χ0n) is 19.1. The number of amides is 1. The van der Waals surface area contributed by atoms with E-state index in [2.05, 4.69) is 16.2 Å². The van der Waals surface area contributed by atoms with Gasteiger partial charge in [0.2, 0.25) is 0 Å². The Hall–Kier alpha value is -4.78. The maximum atomic E-state index is 12.2. The van der Waals surface area contributed by atoms with Crippen molar-refractivity contribution in [1.29, 1.82) is 0 Å². The van der Waals surface area contributed by atoms with E-state index >= 15 is 0 Å². The van der Waals surface area contributed by atoms with Gasteiger partial charge in [0.05, 0.1) is 29.5 Å². The summed E-state index contributed by atoms with van der Waals surface area (Å²) in [7, 11) is 1.58. The number of fused-ring (bicyclic) bond motifs is 2. The fourth-order valence-corrected chi connectivity index (χ4v) is 3.85. The van der Waals surface area contributed by atoms with Crippen LogP contribution in [0.4, 0.5) is 21.9 Å². The lowest BCUT2D eigenvalue weighted by Gasteiger charge is -2.15. The number of nitrogens with one attached hydrogen (secondary N) is 3. The number of nitrogens with zero attached hydrogens (tertiary/aromatic N) is 1. The highest BCUT2D eigenvalue weighted by Crippen LogP contribution is 2.30. The number of anilines is 3. The minimum Gasteiger partial charge on any atom is -0.497 e. The van der Waals surface area contributed by atoms with Gasteiger partial charge in [-0.3, -0.25) is 10.7 Å². The highest BCUT2D eigenvalue weighted by atomic mass is 16.5. The molecule has 0 atom stereocenters. The number of rotatable bonds is 7. The van der Waals surface area contributed by atoms with Crippen molar-refractivity contribution in [2.75, 3.05) is 23.3 Å². The first-order valence-electron chi connectivity index (χ1n) is 11.2. The topological polar surface area (TPSA) is 84.5 Å². The summed E-state index contributed by atoms with van der Waals surface area (Å²) in [4.78, 5) is 17.0. The Morgan fingerprint density at radius 1 is 0.771 bits per heavy atom. The average Bonchev–Trinajstić information content (AvgIpc) is 2.90. The molecule has 0 aliphatic carbocycles. The van der Waals surface area contributed by atoms with Crippen molar-refractivity contribution in [1.82, 2.24) is 4.98 Å². The fraction of sp³-hybridized carbons (Fsp3) is 0.0714. The predicted octanol–water partition coefficient (Wildman–Crippen LogP) is 6.58. The van der Waals surface area contributed by atoms with Gasteiger partial charge in [0.15, 0.2) is 0 Å². The zero-order valence-corrected chi connectivity index (χ0v) is 19.1. The Labute approximate surface area is 202 Å². The van der Waals surface area contributed by atoms with Crippen LogP contribution in [-0.4, -0.2) is 18.2 Å². The largest absolute Gasteiger partial charge is 0.497 e. The summed E-state index contributed by atoms with van der Waals surface area (Å²) < 4.78 is 10.6. The summed E-state index contributed by atoms with van der Waals surface area (Å²) in [5.74, 6) is 0.656. The minimum atomic E-state index is -0.538. The first-order valence-corrected chi connectivity index (χ1v) is 11.2. The van der Waals surface area contributed by atoms with E-state index in [1.54, 1.807) is 31.4 Å². The molecule has 1 heterocycles. The molecule has 0 fully saturated rings. The Kier molecular flexibility index (Phi) is 6.30. The molecule has 1 amide bonds. The minimum absolute atomic E-state index is 0.131. The van der Waals surface area contributed by atoms with Crippen molar-refractivity contribution in [3.63, 3.8) is 0 Å². The number of aromatic nitrogens is 1. The van der Waals surface area contributed by atoms with Crippen LogP contribution in [0.1, 0.15) is 5.56 Å². The Morgan fingerprint density at radius 2 is 1.46 bits per heavy atom. The number of hydrogen-bond donors (Lipinski definition) is 3. The molecule has 1 aromatic heterocycles. The van der Waals surface area contributed by atoms with Gasteiger partial charge in [0, 0.05) is 22.5 Å². The van der Waals surface area contributed by atoms with E-state index in [0.717, 1.165) is 38.7 Å². The van der Waals surface area contributed by atoms with Crippen molar-refractivity contribution >= 4 is 45.0 Å². The van der Waals surface area contributed by atoms with Crippen LogP contribution in [0.3, 0.4) is 0 Å². The van der Waals surface area contributed by atoms with Crippen LogP contribution in [0, 0.1) is 0 Å². The molecule has 174 valence electrons. The van der Waals surface area contributed by atoms with Crippen LogP contribution in [0.25, 0.3) is 21.8 Å². The van der Waals surface area contributed by atoms with E-state index in [4.69, 9.17) is 14.5 Å². The molecule has 5 aromatic rings. The monoisotopic (exact) mass is 464 g/mol. The molecule has 0 aliphatic rings. The second-order valence-electron chi connectivity index (χ2n) is 7.90. The highest BCUT2D eigenvalue weighted by molar-refractivity contribution is 6.07. The standard InChI is InChI=1S/C28H24N4O3/c1-34-22-11-7-9-20(17-22)29-28(33)35-18-19-8-6-10-21(16-19)31-32-27-23-12-2-4-14-25(23)30-26-15-5-3-13-24(26)27/h2-17,31H,18H2,1H3,(H,29,33)(H,30,32). The molecular weight excluding hydrogens is 440 g/mol. The number of hydrogen-bond acceptors (Lipinski definition) is 6. The Morgan fingerprint density at radius 3 is 2.20 bits per heavy atom. The molecule has 3 N–H and O–H groups in total. The molecule has 0 unspecified atom stereocenters. The van der Waals surface area contributed by atoms with E-state index in [1.165, 1.54) is 0 Å². The van der Waals surface area contributed by atoms with E-state index in [1.807, 2.05) is 72.8 Å². The highest BCUT2D eigenvalue weighted by Gasteiger charge is 2.09. The molecular formula is C28H24N4O3. The predicted molar refractivity (Wildman–Crippen MR) is 140 cm³/mol. The van der Waals surface area contributed by atoms with Crippen LogP contribution in [0.15, 0.2) is 97.1 Å². The van der Waals surface area contributed by atoms with Gasteiger partial charge >= 0.3 is 6.09 Å². The van der Waals surface area contributed by atoms with Crippen molar-refractivity contribution in [3.8, 4) is 5.75 Å². The molecule has 0 saturated heterocycles. The SMILES string of the molecule is COc1cccc(NC(=O)OCc2cccc(NNc3c4ccccc4nc4ccccc34)c2)c1. The fourth-order valence-electron chi connectivity index (χ4n) is 3.85. The van der Waals surface area contributed by atoms with Gasteiger partial charge in [0.1, 0.15) is 12.4 Å².